The molecule has 3 aromatic heterocycles. The van der Waals surface area contributed by atoms with Gasteiger partial charge in [-0.25, -0.2) is 9.97 Å². The maximum atomic E-state index is 9.13. The van der Waals surface area contributed by atoms with E-state index in [0.717, 1.165) is 59.1 Å². The molecule has 1 aliphatic carbocycles. The maximum absolute atomic E-state index is 9.13. The van der Waals surface area contributed by atoms with E-state index in [1.54, 1.807) is 0 Å². The van der Waals surface area contributed by atoms with Crippen molar-refractivity contribution in [2.24, 2.45) is 5.92 Å². The molecule has 142 valence electrons. The summed E-state index contributed by atoms with van der Waals surface area (Å²) >= 11 is 0. The first-order valence-electron chi connectivity index (χ1n) is 10.00. The number of hydrogen-bond donors (Lipinski definition) is 1. The van der Waals surface area contributed by atoms with Gasteiger partial charge in [0.05, 0.1) is 29.4 Å². The normalized spacial score (nSPS) is 19.2. The Morgan fingerprint density at radius 1 is 1.07 bits per heavy atom. The molecule has 1 N–H and O–H groups in total. The molecule has 0 bridgehead atoms. The van der Waals surface area contributed by atoms with Gasteiger partial charge in [0.1, 0.15) is 17.0 Å². The van der Waals surface area contributed by atoms with Crippen LogP contribution in [0.4, 0.5) is 0 Å². The van der Waals surface area contributed by atoms with E-state index in [0.29, 0.717) is 23.9 Å². The Morgan fingerprint density at radius 2 is 1.86 bits per heavy atom. The van der Waals surface area contributed by atoms with Gasteiger partial charge in [-0.1, -0.05) is 0 Å². The van der Waals surface area contributed by atoms with Crippen molar-refractivity contribution in [3.63, 3.8) is 0 Å². The molecule has 0 aliphatic heterocycles. The number of fused-ring (bicyclic) bond motifs is 3. The van der Waals surface area contributed by atoms with E-state index in [1.807, 2.05) is 36.7 Å². The van der Waals surface area contributed by atoms with Crippen LogP contribution in [0.15, 0.2) is 42.7 Å². The van der Waals surface area contributed by atoms with Crippen LogP contribution in [0.2, 0.25) is 0 Å². The van der Waals surface area contributed by atoms with Gasteiger partial charge in [0, 0.05) is 29.6 Å². The molecule has 1 saturated carbocycles. The van der Waals surface area contributed by atoms with E-state index in [4.69, 9.17) is 15.5 Å². The van der Waals surface area contributed by atoms with Crippen LogP contribution in [0.25, 0.3) is 33.5 Å². The Hall–Kier alpha value is -3.64. The molecule has 0 saturated heterocycles. The number of aromatic nitrogens is 4. The summed E-state index contributed by atoms with van der Waals surface area (Å²) in [6.45, 7) is 0. The molecule has 5 rings (SSSR count). The molecule has 0 spiro atoms. The predicted octanol–water partition coefficient (Wildman–Crippen LogP) is 5.10. The Balaban J connectivity index is 1.67. The maximum Gasteiger partial charge on any atom is 0.141 e. The van der Waals surface area contributed by atoms with Gasteiger partial charge in [0.15, 0.2) is 0 Å². The van der Waals surface area contributed by atoms with Crippen molar-refractivity contribution in [1.82, 2.24) is 19.5 Å². The minimum Gasteiger partial charge on any atom is -0.346 e. The van der Waals surface area contributed by atoms with Crippen LogP contribution in [0, 0.1) is 28.6 Å². The summed E-state index contributed by atoms with van der Waals surface area (Å²) in [5.41, 5.74) is 4.50. The lowest BCUT2D eigenvalue weighted by atomic mass is 9.84. The van der Waals surface area contributed by atoms with Gasteiger partial charge in [0.25, 0.3) is 0 Å². The van der Waals surface area contributed by atoms with E-state index in [9.17, 15) is 0 Å². The first kappa shape index (κ1) is 17.5. The first-order valence-corrected chi connectivity index (χ1v) is 10.00. The quantitative estimate of drug-likeness (QED) is 0.535. The number of imidazole rings is 1. The van der Waals surface area contributed by atoms with Gasteiger partial charge < -0.3 is 9.55 Å². The second-order valence-electron chi connectivity index (χ2n) is 7.76. The fourth-order valence-electron chi connectivity index (χ4n) is 4.58. The number of nitrogens with zero attached hydrogens (tertiary/aromatic N) is 5. The van der Waals surface area contributed by atoms with Crippen molar-refractivity contribution in [2.45, 2.75) is 38.1 Å². The van der Waals surface area contributed by atoms with Gasteiger partial charge >= 0.3 is 0 Å². The monoisotopic (exact) mass is 380 g/mol. The molecule has 0 amide bonds. The lowest BCUT2D eigenvalue weighted by Crippen LogP contribution is -2.19. The molecule has 1 fully saturated rings. The number of aromatic amines is 1. The third-order valence-electron chi connectivity index (χ3n) is 6.07. The van der Waals surface area contributed by atoms with E-state index < -0.39 is 0 Å². The zero-order valence-corrected chi connectivity index (χ0v) is 16.0. The van der Waals surface area contributed by atoms with Crippen LogP contribution in [-0.2, 0) is 0 Å². The average Bonchev–Trinajstić information content (AvgIpc) is 3.39. The molecule has 3 heterocycles. The largest absolute Gasteiger partial charge is 0.346 e. The lowest BCUT2D eigenvalue weighted by molar-refractivity contribution is 0.283. The molecule has 0 unspecified atom stereocenters. The van der Waals surface area contributed by atoms with Crippen LogP contribution in [0.3, 0.4) is 0 Å². The van der Waals surface area contributed by atoms with Crippen LogP contribution < -0.4 is 0 Å². The van der Waals surface area contributed by atoms with Gasteiger partial charge in [-0.05, 0) is 61.9 Å². The smallest absolute Gasteiger partial charge is 0.141 e. The van der Waals surface area contributed by atoms with Crippen molar-refractivity contribution in [2.75, 3.05) is 0 Å². The first-order chi connectivity index (χ1) is 14.3. The van der Waals surface area contributed by atoms with Crippen LogP contribution in [0.5, 0.6) is 0 Å². The Kier molecular flexibility index (Phi) is 4.26. The Labute approximate surface area is 168 Å². The highest BCUT2D eigenvalue weighted by Crippen LogP contribution is 2.40. The van der Waals surface area contributed by atoms with Crippen molar-refractivity contribution in [1.29, 1.82) is 10.5 Å². The van der Waals surface area contributed by atoms with Gasteiger partial charge in [0.2, 0.25) is 0 Å². The molecule has 6 nitrogen and oxygen atoms in total. The molecule has 4 aromatic rings. The highest BCUT2D eigenvalue weighted by Gasteiger charge is 2.27. The van der Waals surface area contributed by atoms with E-state index in [1.165, 1.54) is 0 Å². The van der Waals surface area contributed by atoms with Gasteiger partial charge in [-0.2, -0.15) is 10.5 Å². The molecule has 0 atom stereocenters. The number of nitrogens with one attached hydrogen (secondary N) is 1. The van der Waals surface area contributed by atoms with Crippen molar-refractivity contribution < 1.29 is 0 Å². The molecule has 29 heavy (non-hydrogen) atoms. The molecule has 1 aromatic carbocycles. The highest BCUT2D eigenvalue weighted by atomic mass is 15.1. The SMILES string of the molecule is N#CC[C@H]1CC[C@H](n2c(-c3ccc(C#N)cc3)nc3cnc4[nH]ccc4c32)CC1. The molecule has 6 heteroatoms. The summed E-state index contributed by atoms with van der Waals surface area (Å²) in [6, 6.07) is 14.5. The van der Waals surface area contributed by atoms with E-state index in [-0.39, 0.29) is 0 Å². The fourth-order valence-corrected chi connectivity index (χ4v) is 4.58. The molecule has 0 radical (unpaired) electrons. The zero-order valence-electron chi connectivity index (χ0n) is 16.0. The van der Waals surface area contributed by atoms with Crippen molar-refractivity contribution >= 4 is 22.1 Å². The summed E-state index contributed by atoms with van der Waals surface area (Å²) in [4.78, 5) is 12.7. The van der Waals surface area contributed by atoms with Gasteiger partial charge in [-0.3, -0.25) is 0 Å². The fraction of sp³-hybridized carbons (Fsp3) is 0.304. The van der Waals surface area contributed by atoms with E-state index >= 15 is 0 Å². The van der Waals surface area contributed by atoms with Crippen LogP contribution in [-0.4, -0.2) is 19.5 Å². The second-order valence-corrected chi connectivity index (χ2v) is 7.76. The molecule has 1 aliphatic rings. The third kappa shape index (κ3) is 2.94. The third-order valence-corrected chi connectivity index (χ3v) is 6.07. The number of hydrogen-bond acceptors (Lipinski definition) is 4. The van der Waals surface area contributed by atoms with Crippen LogP contribution in [0.1, 0.15) is 43.7 Å². The second kappa shape index (κ2) is 7.07. The number of benzene rings is 1. The minimum absolute atomic E-state index is 0.334. The number of rotatable bonds is 3. The summed E-state index contributed by atoms with van der Waals surface area (Å²) in [5.74, 6) is 1.42. The minimum atomic E-state index is 0.334. The van der Waals surface area contributed by atoms with Crippen molar-refractivity contribution in [3.8, 4) is 23.5 Å². The summed E-state index contributed by atoms with van der Waals surface area (Å²) in [6.07, 6.45) is 8.59. The number of H-pyrrole nitrogens is 1. The van der Waals surface area contributed by atoms with E-state index in [2.05, 4.69) is 32.7 Å². The summed E-state index contributed by atoms with van der Waals surface area (Å²) in [5, 5.41) is 19.2. The Morgan fingerprint density at radius 3 is 2.59 bits per heavy atom. The highest BCUT2D eigenvalue weighted by molar-refractivity contribution is 6.02. The zero-order chi connectivity index (χ0) is 19.8. The topological polar surface area (TPSA) is 94.1 Å². The molecular weight excluding hydrogens is 360 g/mol. The van der Waals surface area contributed by atoms with Crippen molar-refractivity contribution in [3.05, 3.63) is 48.3 Å². The summed E-state index contributed by atoms with van der Waals surface area (Å²) < 4.78 is 2.37. The summed E-state index contributed by atoms with van der Waals surface area (Å²) in [7, 11) is 0. The number of nitriles is 2. The van der Waals surface area contributed by atoms with Gasteiger partial charge in [-0.15, -0.1) is 0 Å². The predicted molar refractivity (Wildman–Crippen MR) is 111 cm³/mol. The number of pyridine rings is 1. The molecular formula is C23H20N6. The lowest BCUT2D eigenvalue weighted by Gasteiger charge is -2.30. The van der Waals surface area contributed by atoms with Crippen LogP contribution >= 0.6 is 0 Å². The standard InChI is InChI=1S/C23H20N6/c24-11-9-15-3-7-18(8-4-15)29-21-19-10-12-26-22(19)27-14-20(21)28-23(29)17-5-1-16(13-25)2-6-17/h1-2,5-6,10,12,14-15,18H,3-4,7-9H2,(H,26,27)/t15-,18-. The Bertz CT molecular complexity index is 1260. The average molecular weight is 380 g/mol.